The average molecular weight is 160 g/mol. The Bertz CT molecular complexity index is 305. The molecule has 2 nitrogen and oxygen atoms in total. The van der Waals surface area contributed by atoms with Gasteiger partial charge in [-0.2, -0.15) is 0 Å². The normalized spacial score (nSPS) is 24.0. The van der Waals surface area contributed by atoms with Crippen LogP contribution in [0.15, 0.2) is 17.9 Å². The molecule has 0 bridgehead atoms. The van der Waals surface area contributed by atoms with Crippen molar-refractivity contribution in [3.05, 3.63) is 17.9 Å². The highest BCUT2D eigenvalue weighted by atomic mass is 16.6. The minimum atomic E-state index is -0.0495. The van der Waals surface area contributed by atoms with Gasteiger partial charge in [0.1, 0.15) is 12.2 Å². The molecular formula is C10H8O2. The minimum Gasteiger partial charge on any atom is -0.394 e. The monoisotopic (exact) mass is 160 g/mol. The molecule has 0 aromatic carbocycles. The summed E-state index contributed by atoms with van der Waals surface area (Å²) in [6.45, 7) is 0.0544. The highest BCUT2D eigenvalue weighted by molar-refractivity contribution is 5.28. The molecule has 0 spiro atoms. The summed E-state index contributed by atoms with van der Waals surface area (Å²) in [6.07, 6.45) is 8.07. The maximum absolute atomic E-state index is 8.58. The zero-order chi connectivity index (χ0) is 8.81. The van der Waals surface area contributed by atoms with Gasteiger partial charge in [-0.25, -0.2) is 0 Å². The van der Waals surface area contributed by atoms with E-state index in [0.29, 0.717) is 0 Å². The van der Waals surface area contributed by atoms with Crippen LogP contribution >= 0.6 is 0 Å². The lowest BCUT2D eigenvalue weighted by Crippen LogP contribution is -1.95. The number of rotatable bonds is 2. The molecule has 1 heterocycles. The molecule has 1 N–H and O–H groups in total. The van der Waals surface area contributed by atoms with Gasteiger partial charge in [0.25, 0.3) is 0 Å². The first kappa shape index (κ1) is 8.65. The van der Waals surface area contributed by atoms with Crippen LogP contribution < -0.4 is 0 Å². The van der Waals surface area contributed by atoms with Gasteiger partial charge in [0.05, 0.1) is 6.61 Å². The van der Waals surface area contributed by atoms with E-state index >= 15 is 0 Å². The van der Waals surface area contributed by atoms with E-state index in [9.17, 15) is 0 Å². The molecule has 0 amide bonds. The van der Waals surface area contributed by atoms with E-state index < -0.39 is 0 Å². The van der Waals surface area contributed by atoms with E-state index in [0.717, 1.165) is 0 Å². The molecular weight excluding hydrogens is 152 g/mol. The summed E-state index contributed by atoms with van der Waals surface area (Å²) >= 11 is 0. The molecule has 1 fully saturated rings. The van der Waals surface area contributed by atoms with Crippen LogP contribution in [0.1, 0.15) is 0 Å². The molecule has 2 atom stereocenters. The first-order valence-corrected chi connectivity index (χ1v) is 3.52. The van der Waals surface area contributed by atoms with Crippen molar-refractivity contribution in [3.8, 4) is 24.2 Å². The molecule has 1 saturated heterocycles. The maximum Gasteiger partial charge on any atom is 0.112 e. The SMILES string of the molecule is C#CC#CC=C=C[C@@H]1O[C@H]1CO. The number of epoxide rings is 1. The summed E-state index contributed by atoms with van der Waals surface area (Å²) in [6, 6.07) is 0. The van der Waals surface area contributed by atoms with Crippen molar-refractivity contribution in [2.45, 2.75) is 12.2 Å². The second-order valence-electron chi connectivity index (χ2n) is 2.21. The van der Waals surface area contributed by atoms with Gasteiger partial charge < -0.3 is 9.84 Å². The van der Waals surface area contributed by atoms with Crippen molar-refractivity contribution in [2.75, 3.05) is 6.61 Å². The van der Waals surface area contributed by atoms with Crippen LogP contribution in [0.3, 0.4) is 0 Å². The van der Waals surface area contributed by atoms with E-state index in [1.54, 1.807) is 6.08 Å². The molecule has 1 aliphatic rings. The molecule has 60 valence electrons. The standard InChI is InChI=1S/C10H8O2/c1-2-3-4-5-6-7-9-10(8-11)12-9/h1,5,7,9-11H,8H2/t6?,9-,10-/m0/s1. The van der Waals surface area contributed by atoms with E-state index in [1.165, 1.54) is 6.08 Å². The van der Waals surface area contributed by atoms with Gasteiger partial charge in [0.2, 0.25) is 0 Å². The lowest BCUT2D eigenvalue weighted by molar-refractivity contribution is 0.243. The molecule has 2 heteroatoms. The Hall–Kier alpha value is -1.44. The van der Waals surface area contributed by atoms with Gasteiger partial charge in [-0.05, 0) is 17.9 Å². The highest BCUT2D eigenvalue weighted by Gasteiger charge is 2.35. The smallest absolute Gasteiger partial charge is 0.112 e. The molecule has 1 rings (SSSR count). The van der Waals surface area contributed by atoms with Gasteiger partial charge in [0.15, 0.2) is 0 Å². The van der Waals surface area contributed by atoms with Crippen molar-refractivity contribution in [2.24, 2.45) is 0 Å². The Balaban J connectivity index is 2.33. The second kappa shape index (κ2) is 4.44. The first-order valence-electron chi connectivity index (χ1n) is 3.52. The summed E-state index contributed by atoms with van der Waals surface area (Å²) in [7, 11) is 0. The molecule has 0 aliphatic carbocycles. The van der Waals surface area contributed by atoms with Crippen LogP contribution in [0.25, 0.3) is 0 Å². The van der Waals surface area contributed by atoms with Crippen LogP contribution in [-0.4, -0.2) is 23.9 Å². The molecule has 0 unspecified atom stereocenters. The largest absolute Gasteiger partial charge is 0.394 e. The molecule has 0 saturated carbocycles. The Morgan fingerprint density at radius 2 is 2.42 bits per heavy atom. The van der Waals surface area contributed by atoms with Crippen LogP contribution in [0.5, 0.6) is 0 Å². The van der Waals surface area contributed by atoms with Crippen LogP contribution in [-0.2, 0) is 4.74 Å². The van der Waals surface area contributed by atoms with Crippen molar-refractivity contribution < 1.29 is 9.84 Å². The lowest BCUT2D eigenvalue weighted by Gasteiger charge is -1.75. The number of terminal acetylenes is 1. The Morgan fingerprint density at radius 3 is 3.00 bits per heavy atom. The van der Waals surface area contributed by atoms with Crippen molar-refractivity contribution in [1.29, 1.82) is 0 Å². The second-order valence-corrected chi connectivity index (χ2v) is 2.21. The fraction of sp³-hybridized carbons (Fsp3) is 0.300. The quantitative estimate of drug-likeness (QED) is 0.353. The number of aliphatic hydroxyl groups excluding tert-OH is 1. The average Bonchev–Trinajstić information content (AvgIpc) is 2.83. The predicted molar refractivity (Wildman–Crippen MR) is 45.0 cm³/mol. The highest BCUT2D eigenvalue weighted by Crippen LogP contribution is 2.21. The van der Waals surface area contributed by atoms with E-state index in [2.05, 4.69) is 23.5 Å². The number of ether oxygens (including phenoxy) is 1. The maximum atomic E-state index is 8.58. The number of aliphatic hydroxyl groups is 1. The molecule has 0 aromatic heterocycles. The molecule has 0 aromatic rings. The van der Waals surface area contributed by atoms with Crippen molar-refractivity contribution >= 4 is 0 Å². The predicted octanol–water partition coefficient (Wildman–Crippen LogP) is 0.0940. The minimum absolute atomic E-state index is 0.00103. The van der Waals surface area contributed by atoms with Crippen LogP contribution in [0, 0.1) is 24.2 Å². The van der Waals surface area contributed by atoms with E-state index in [1.807, 2.05) is 0 Å². The van der Waals surface area contributed by atoms with Gasteiger partial charge >= 0.3 is 0 Å². The van der Waals surface area contributed by atoms with E-state index in [-0.39, 0.29) is 18.8 Å². The number of hydrogen-bond acceptors (Lipinski definition) is 2. The van der Waals surface area contributed by atoms with Crippen LogP contribution in [0.4, 0.5) is 0 Å². The third-order valence-electron chi connectivity index (χ3n) is 1.36. The van der Waals surface area contributed by atoms with Crippen molar-refractivity contribution in [3.63, 3.8) is 0 Å². The summed E-state index contributed by atoms with van der Waals surface area (Å²) in [5.74, 6) is 7.17. The first-order chi connectivity index (χ1) is 5.88. The van der Waals surface area contributed by atoms with Gasteiger partial charge in [-0.1, -0.05) is 5.92 Å². The fourth-order valence-electron chi connectivity index (χ4n) is 0.712. The zero-order valence-electron chi connectivity index (χ0n) is 6.45. The Labute approximate surface area is 71.5 Å². The Morgan fingerprint density at radius 1 is 1.58 bits per heavy atom. The zero-order valence-corrected chi connectivity index (χ0v) is 6.45. The third kappa shape index (κ3) is 2.66. The summed E-state index contributed by atoms with van der Waals surface area (Å²) < 4.78 is 5.00. The van der Waals surface area contributed by atoms with Gasteiger partial charge in [-0.15, -0.1) is 12.2 Å². The third-order valence-corrected chi connectivity index (χ3v) is 1.36. The lowest BCUT2D eigenvalue weighted by atomic mass is 10.3. The van der Waals surface area contributed by atoms with Crippen LogP contribution in [0.2, 0.25) is 0 Å². The Kier molecular flexibility index (Phi) is 3.20. The van der Waals surface area contributed by atoms with E-state index in [4.69, 9.17) is 16.3 Å². The molecule has 1 aliphatic heterocycles. The van der Waals surface area contributed by atoms with Gasteiger partial charge in [-0.3, -0.25) is 0 Å². The topological polar surface area (TPSA) is 32.8 Å². The summed E-state index contributed by atoms with van der Waals surface area (Å²) in [4.78, 5) is 0. The fourth-order valence-corrected chi connectivity index (χ4v) is 0.712. The summed E-state index contributed by atoms with van der Waals surface area (Å²) in [5.41, 5.74) is 2.79. The molecule has 12 heavy (non-hydrogen) atoms. The number of hydrogen-bond donors (Lipinski definition) is 1. The van der Waals surface area contributed by atoms with Crippen molar-refractivity contribution in [1.82, 2.24) is 0 Å². The molecule has 0 radical (unpaired) electrons. The summed E-state index contributed by atoms with van der Waals surface area (Å²) in [5, 5.41) is 8.58. The van der Waals surface area contributed by atoms with Gasteiger partial charge in [0, 0.05) is 6.08 Å².